The number of benzene rings is 3. The molecular weight excluding hydrogens is 428 g/mol. The van der Waals surface area contributed by atoms with Gasteiger partial charge in [-0.25, -0.2) is 4.79 Å². The second kappa shape index (κ2) is 11.0. The van der Waals surface area contributed by atoms with Crippen molar-refractivity contribution in [2.24, 2.45) is 0 Å². The number of thioether (sulfide) groups is 1. The van der Waals surface area contributed by atoms with Gasteiger partial charge in [-0.2, -0.15) is 0 Å². The number of carbonyl (C=O) groups is 3. The first-order valence-corrected chi connectivity index (χ1v) is 10.6. The molecule has 3 rings (SSSR count). The molecule has 2 amide bonds. The van der Waals surface area contributed by atoms with Crippen LogP contribution < -0.4 is 15.4 Å². The van der Waals surface area contributed by atoms with Gasteiger partial charge in [-0.1, -0.05) is 18.2 Å². The van der Waals surface area contributed by atoms with Crippen LogP contribution in [0.4, 0.5) is 11.4 Å². The minimum atomic E-state index is -0.520. The third kappa shape index (κ3) is 6.12. The molecule has 0 fully saturated rings. The zero-order valence-corrected chi connectivity index (χ0v) is 18.4. The Morgan fingerprint density at radius 3 is 2.34 bits per heavy atom. The predicted molar refractivity (Wildman–Crippen MR) is 125 cm³/mol. The minimum Gasteiger partial charge on any atom is -0.497 e. The van der Waals surface area contributed by atoms with Gasteiger partial charge in [-0.15, -0.1) is 11.8 Å². The minimum absolute atomic E-state index is 0.130. The van der Waals surface area contributed by atoms with Crippen molar-refractivity contribution in [1.82, 2.24) is 0 Å². The maximum atomic E-state index is 12.4. The SMILES string of the molecule is COC(=O)c1ccccc1NC(=O)CSc1cccc(NC(=O)c2ccc(OC)cc2)c1. The first-order chi connectivity index (χ1) is 15.5. The third-order valence-corrected chi connectivity index (χ3v) is 5.41. The topological polar surface area (TPSA) is 93.7 Å². The Hall–Kier alpha value is -3.78. The smallest absolute Gasteiger partial charge is 0.339 e. The van der Waals surface area contributed by atoms with Gasteiger partial charge in [0, 0.05) is 16.1 Å². The summed E-state index contributed by atoms with van der Waals surface area (Å²) in [7, 11) is 2.85. The Labute approximate surface area is 190 Å². The lowest BCUT2D eigenvalue weighted by atomic mass is 10.2. The van der Waals surface area contributed by atoms with Crippen molar-refractivity contribution >= 4 is 40.9 Å². The lowest BCUT2D eigenvalue weighted by Gasteiger charge is -2.10. The van der Waals surface area contributed by atoms with Crippen LogP contribution in [0.2, 0.25) is 0 Å². The number of para-hydroxylation sites is 1. The highest BCUT2D eigenvalue weighted by molar-refractivity contribution is 8.00. The number of anilines is 2. The summed E-state index contributed by atoms with van der Waals surface area (Å²) in [6.45, 7) is 0. The molecule has 8 heteroatoms. The van der Waals surface area contributed by atoms with E-state index in [0.717, 1.165) is 4.90 Å². The zero-order chi connectivity index (χ0) is 22.9. The first-order valence-electron chi connectivity index (χ1n) is 9.65. The molecule has 0 radical (unpaired) electrons. The van der Waals surface area contributed by atoms with E-state index in [4.69, 9.17) is 9.47 Å². The number of carbonyl (C=O) groups excluding carboxylic acids is 3. The molecule has 0 aliphatic carbocycles. The van der Waals surface area contributed by atoms with Gasteiger partial charge in [-0.05, 0) is 54.6 Å². The van der Waals surface area contributed by atoms with Gasteiger partial charge in [-0.3, -0.25) is 9.59 Å². The second-order valence-electron chi connectivity index (χ2n) is 6.58. The lowest BCUT2D eigenvalue weighted by Crippen LogP contribution is -2.17. The van der Waals surface area contributed by atoms with Gasteiger partial charge in [0.25, 0.3) is 5.91 Å². The van der Waals surface area contributed by atoms with Crippen LogP contribution in [0, 0.1) is 0 Å². The first kappa shape index (κ1) is 22.9. The van der Waals surface area contributed by atoms with Gasteiger partial charge in [0.05, 0.1) is 31.2 Å². The Balaban J connectivity index is 1.58. The Bertz CT molecular complexity index is 1120. The molecule has 0 saturated carbocycles. The van der Waals surface area contributed by atoms with Gasteiger partial charge >= 0.3 is 5.97 Å². The van der Waals surface area contributed by atoms with E-state index in [-0.39, 0.29) is 23.1 Å². The molecule has 3 aromatic rings. The monoisotopic (exact) mass is 450 g/mol. The molecule has 0 spiro atoms. The van der Waals surface area contributed by atoms with Gasteiger partial charge in [0.1, 0.15) is 5.75 Å². The van der Waals surface area contributed by atoms with E-state index in [2.05, 4.69) is 10.6 Å². The molecule has 0 saturated heterocycles. The molecule has 0 atom stereocenters. The number of esters is 1. The van der Waals surface area contributed by atoms with Gasteiger partial charge in [0.2, 0.25) is 5.91 Å². The number of hydrogen-bond donors (Lipinski definition) is 2. The zero-order valence-electron chi connectivity index (χ0n) is 17.6. The van der Waals surface area contributed by atoms with Crippen molar-refractivity contribution in [3.63, 3.8) is 0 Å². The number of rotatable bonds is 8. The fourth-order valence-electron chi connectivity index (χ4n) is 2.82. The molecule has 0 unspecified atom stereocenters. The van der Waals surface area contributed by atoms with E-state index < -0.39 is 5.97 Å². The van der Waals surface area contributed by atoms with Crippen molar-refractivity contribution in [2.75, 3.05) is 30.6 Å². The average Bonchev–Trinajstić information content (AvgIpc) is 2.83. The van der Waals surface area contributed by atoms with Crippen LogP contribution >= 0.6 is 11.8 Å². The van der Waals surface area contributed by atoms with Crippen molar-refractivity contribution in [3.8, 4) is 5.75 Å². The van der Waals surface area contributed by atoms with E-state index in [1.807, 2.05) is 6.07 Å². The van der Waals surface area contributed by atoms with Crippen LogP contribution in [0.25, 0.3) is 0 Å². The summed E-state index contributed by atoms with van der Waals surface area (Å²) < 4.78 is 9.84. The molecular formula is C24H22N2O5S. The van der Waals surface area contributed by atoms with Crippen LogP contribution in [0.1, 0.15) is 20.7 Å². The summed E-state index contributed by atoms with van der Waals surface area (Å²) in [5.74, 6) is -0.224. The van der Waals surface area contributed by atoms with Crippen LogP contribution in [0.5, 0.6) is 5.75 Å². The number of methoxy groups -OCH3 is 2. The predicted octanol–water partition coefficient (Wildman–Crippen LogP) is 4.46. The molecule has 0 bridgehead atoms. The largest absolute Gasteiger partial charge is 0.497 e. The van der Waals surface area contributed by atoms with Crippen molar-refractivity contribution in [2.45, 2.75) is 4.90 Å². The fraction of sp³-hybridized carbons (Fsp3) is 0.125. The lowest BCUT2D eigenvalue weighted by molar-refractivity contribution is -0.113. The van der Waals surface area contributed by atoms with Crippen molar-refractivity contribution in [3.05, 3.63) is 83.9 Å². The Kier molecular flexibility index (Phi) is 7.88. The molecule has 0 heterocycles. The molecule has 32 heavy (non-hydrogen) atoms. The van der Waals surface area contributed by atoms with Crippen molar-refractivity contribution in [1.29, 1.82) is 0 Å². The number of nitrogens with one attached hydrogen (secondary N) is 2. The molecule has 2 N–H and O–H groups in total. The quantitative estimate of drug-likeness (QED) is 0.389. The highest BCUT2D eigenvalue weighted by Crippen LogP contribution is 2.23. The van der Waals surface area contributed by atoms with Gasteiger partial charge in [0.15, 0.2) is 0 Å². The second-order valence-corrected chi connectivity index (χ2v) is 7.63. The maximum absolute atomic E-state index is 12.4. The highest BCUT2D eigenvalue weighted by atomic mass is 32.2. The van der Waals surface area contributed by atoms with E-state index in [9.17, 15) is 14.4 Å². The third-order valence-electron chi connectivity index (χ3n) is 4.42. The summed E-state index contributed by atoms with van der Waals surface area (Å²) in [6.07, 6.45) is 0. The van der Waals surface area contributed by atoms with Crippen molar-refractivity contribution < 1.29 is 23.9 Å². The number of ether oxygens (including phenoxy) is 2. The average molecular weight is 451 g/mol. The molecule has 0 aliphatic rings. The van der Waals surface area contributed by atoms with Crippen LogP contribution in [0.3, 0.4) is 0 Å². The summed E-state index contributed by atoms with van der Waals surface area (Å²) in [6, 6.07) is 20.7. The van der Waals surface area contributed by atoms with Crippen LogP contribution in [-0.2, 0) is 9.53 Å². The van der Waals surface area contributed by atoms with Crippen LogP contribution in [-0.4, -0.2) is 37.8 Å². The molecule has 0 aliphatic heterocycles. The molecule has 3 aromatic carbocycles. The summed E-state index contributed by atoms with van der Waals surface area (Å²) in [5, 5.41) is 5.58. The number of amides is 2. The van der Waals surface area contributed by atoms with Crippen LogP contribution in [0.15, 0.2) is 77.7 Å². The summed E-state index contributed by atoms with van der Waals surface area (Å²) >= 11 is 1.31. The maximum Gasteiger partial charge on any atom is 0.339 e. The van der Waals surface area contributed by atoms with E-state index in [1.54, 1.807) is 73.8 Å². The normalized spacial score (nSPS) is 10.2. The molecule has 164 valence electrons. The highest BCUT2D eigenvalue weighted by Gasteiger charge is 2.13. The fourth-order valence-corrected chi connectivity index (χ4v) is 3.58. The summed E-state index contributed by atoms with van der Waals surface area (Å²) in [5.41, 5.74) is 1.81. The van der Waals surface area contributed by atoms with E-state index >= 15 is 0 Å². The van der Waals surface area contributed by atoms with E-state index in [1.165, 1.54) is 18.9 Å². The van der Waals surface area contributed by atoms with Gasteiger partial charge < -0.3 is 20.1 Å². The standard InChI is InChI=1S/C24H22N2O5S/c1-30-18-12-10-16(11-13-18)23(28)25-17-6-5-7-19(14-17)32-15-22(27)26-21-9-4-3-8-20(21)24(29)31-2/h3-14H,15H2,1-2H3,(H,25,28)(H,26,27). The molecule has 0 aromatic heterocycles. The molecule has 7 nitrogen and oxygen atoms in total. The number of hydrogen-bond acceptors (Lipinski definition) is 6. The Morgan fingerprint density at radius 2 is 1.62 bits per heavy atom. The Morgan fingerprint density at radius 1 is 0.875 bits per heavy atom. The summed E-state index contributed by atoms with van der Waals surface area (Å²) in [4.78, 5) is 37.5. The van der Waals surface area contributed by atoms with E-state index in [0.29, 0.717) is 22.7 Å².